The summed E-state index contributed by atoms with van der Waals surface area (Å²) < 4.78 is 0. The van der Waals surface area contributed by atoms with Gasteiger partial charge in [-0.25, -0.2) is 0 Å². The molecule has 0 nitrogen and oxygen atoms in total. The topological polar surface area (TPSA) is 0 Å². The fraction of sp³-hybridized carbons (Fsp3) is 0. The van der Waals surface area contributed by atoms with Crippen LogP contribution in [0.3, 0.4) is 0 Å². The Morgan fingerprint density at radius 2 is 0.167 bits per heavy atom. The Labute approximate surface area is 315 Å². The second-order valence-corrected chi connectivity index (χ2v) is 0. The minimum atomic E-state index is 0. The summed E-state index contributed by atoms with van der Waals surface area (Å²) in [6.07, 6.45) is 0. The fourth-order valence-electron chi connectivity index (χ4n) is 0. The summed E-state index contributed by atoms with van der Waals surface area (Å²) in [4.78, 5) is 0. The van der Waals surface area contributed by atoms with Gasteiger partial charge in [-0.05, 0) is 0 Å². The molecule has 0 bridgehead atoms. The van der Waals surface area contributed by atoms with Crippen LogP contribution in [0, 0.1) is 0 Å². The molecule has 0 saturated carbocycles. The maximum absolute atomic E-state index is 0. The van der Waals surface area contributed by atoms with Gasteiger partial charge < -0.3 is 0 Å². The third kappa shape index (κ3) is 71.4. The Kier molecular flexibility index (Phi) is 660. The van der Waals surface area contributed by atoms with E-state index in [0.29, 0.717) is 0 Å². The normalized spacial score (nSPS) is 0. The van der Waals surface area contributed by atoms with Crippen molar-refractivity contribution in [3.8, 4) is 0 Å². The molecule has 0 fully saturated rings. The van der Waals surface area contributed by atoms with E-state index in [1.165, 1.54) is 0 Å². The van der Waals surface area contributed by atoms with Crippen LogP contribution in [0.5, 0.6) is 0 Å². The van der Waals surface area contributed by atoms with Crippen molar-refractivity contribution in [2.24, 2.45) is 0 Å². The molecule has 0 atom stereocenters. The van der Waals surface area contributed by atoms with Crippen LogP contribution in [0.2, 0.25) is 0 Å². The van der Waals surface area contributed by atoms with Crippen LogP contribution in [0.25, 0.3) is 0 Å². The van der Waals surface area contributed by atoms with Crippen LogP contribution < -0.4 is 0 Å². The van der Waals surface area contributed by atoms with Gasteiger partial charge in [0.05, 0.1) is 0 Å². The molecular weight excluding hydrogens is 458 g/mol. The molecule has 0 heterocycles. The van der Waals surface area contributed by atoms with E-state index < -0.39 is 0 Å². The van der Waals surface area contributed by atoms with E-state index in [0.717, 1.165) is 0 Å². The Morgan fingerprint density at radius 1 is 0.167 bits per heavy atom. The average Bonchev–Trinajstić information content (AvgIpc) is 0. The first kappa shape index (κ1) is 95.5. The summed E-state index contributed by atoms with van der Waals surface area (Å²) >= 11 is 0. The Hall–Kier alpha value is 10.3. The Morgan fingerprint density at radius 3 is 0.167 bits per heavy atom. The van der Waals surface area contributed by atoms with Crippen molar-refractivity contribution >= 4 is 326 Å². The first-order chi connectivity index (χ1) is 0. The summed E-state index contributed by atoms with van der Waals surface area (Å²) in [5.41, 5.74) is 0. The number of halogens is 5. The van der Waals surface area contributed by atoms with Gasteiger partial charge in [-0.1, -0.05) is 0 Å². The van der Waals surface area contributed by atoms with Crippen molar-refractivity contribution in [3.63, 3.8) is 0 Å². The van der Waals surface area contributed by atoms with E-state index in [1.807, 2.05) is 0 Å². The first-order valence-electron chi connectivity index (χ1n) is 0. The maximum atomic E-state index is 0. The summed E-state index contributed by atoms with van der Waals surface area (Å²) in [6, 6.07) is 0. The van der Waals surface area contributed by atoms with E-state index in [1.54, 1.807) is 0 Å². The van der Waals surface area contributed by atoms with Crippen LogP contribution in [-0.4, -0.2) is 264 Å². The van der Waals surface area contributed by atoms with Gasteiger partial charge in [0, 0.05) is 0 Å². The van der Waals surface area contributed by atoms with Gasteiger partial charge >= 0.3 is 264 Å². The van der Waals surface area contributed by atoms with E-state index in [-0.39, 0.29) is 326 Å². The van der Waals surface area contributed by atoms with Gasteiger partial charge in [-0.2, -0.15) is 0 Å². The third-order valence-electron chi connectivity index (χ3n) is 0. The average molecular weight is 477 g/mol. The molecule has 0 unspecified atom stereocenters. The fourth-order valence-corrected chi connectivity index (χ4v) is 0. The molecule has 0 aliphatic carbocycles. The van der Waals surface area contributed by atoms with Crippen LogP contribution in [0.1, 0.15) is 0 Å². The zero-order valence-corrected chi connectivity index (χ0v) is 6.12. The van der Waals surface area contributed by atoms with Crippen molar-refractivity contribution in [2.45, 2.75) is 0 Å². The van der Waals surface area contributed by atoms with Crippen LogP contribution in [0.4, 0.5) is 0 Å². The van der Waals surface area contributed by atoms with Crippen LogP contribution in [-0.2, 0) is 0 Å². The monoisotopic (exact) mass is 474 g/mol. The van der Waals surface area contributed by atoms with Gasteiger partial charge in [-0.3, -0.25) is 0 Å². The molecule has 0 rings (SSSR count). The summed E-state index contributed by atoms with van der Waals surface area (Å²) in [5.74, 6) is 0. The molecule has 68 valence electrons. The number of hydrogen-bond donors (Lipinski definition) is 0. The van der Waals surface area contributed by atoms with Gasteiger partial charge in [0.2, 0.25) is 0 Å². The standard InChI is InChI=1S/7Ca.5ClH.14H/h;;;;;;;5*1H;;;;;;;;;;;;;;. The van der Waals surface area contributed by atoms with Crippen molar-refractivity contribution in [2.75, 3.05) is 0 Å². The van der Waals surface area contributed by atoms with Crippen LogP contribution >= 0.6 is 62.0 Å². The van der Waals surface area contributed by atoms with Crippen molar-refractivity contribution in [1.82, 2.24) is 0 Å². The van der Waals surface area contributed by atoms with Crippen molar-refractivity contribution < 1.29 is 0 Å². The number of rotatable bonds is 0. The van der Waals surface area contributed by atoms with E-state index in [2.05, 4.69) is 0 Å². The molecule has 0 aliphatic rings. The summed E-state index contributed by atoms with van der Waals surface area (Å²) in [6.45, 7) is 0. The molecule has 0 aliphatic heterocycles. The van der Waals surface area contributed by atoms with E-state index in [9.17, 15) is 0 Å². The zero-order chi connectivity index (χ0) is 0. The Bertz CT molecular complexity index is 11.8. The quantitative estimate of drug-likeness (QED) is 0.310. The molecule has 0 aromatic heterocycles. The molecule has 0 spiro atoms. The van der Waals surface area contributed by atoms with Gasteiger partial charge in [-0.15, -0.1) is 62.0 Å². The molecule has 0 radical (unpaired) electrons. The molecule has 0 saturated heterocycles. The second-order valence-electron chi connectivity index (χ2n) is 0. The SMILES string of the molecule is Cl.Cl.Cl.Cl.Cl.[CaH2].[CaH2].[CaH2].[CaH2].[CaH2].[CaH2].[CaH2]. The second kappa shape index (κ2) is 82.9. The minimum absolute atomic E-state index is 0. The molecule has 0 aromatic carbocycles. The van der Waals surface area contributed by atoms with Gasteiger partial charge in [0.1, 0.15) is 0 Å². The number of hydrogen-bond acceptors (Lipinski definition) is 0. The van der Waals surface area contributed by atoms with Crippen molar-refractivity contribution in [1.29, 1.82) is 0 Å². The summed E-state index contributed by atoms with van der Waals surface area (Å²) in [5, 5.41) is 0. The predicted molar refractivity (Wildman–Crippen MR) is 96.0 cm³/mol. The molecule has 0 aromatic rings. The van der Waals surface area contributed by atoms with Crippen LogP contribution in [0.15, 0.2) is 0 Å². The van der Waals surface area contributed by atoms with Gasteiger partial charge in [0.25, 0.3) is 0 Å². The Balaban J connectivity index is 0. The molecule has 12 heavy (non-hydrogen) atoms. The molecule has 0 N–H and O–H groups in total. The zero-order valence-electron chi connectivity index (χ0n) is 2.04. The van der Waals surface area contributed by atoms with Gasteiger partial charge in [0.15, 0.2) is 0 Å². The van der Waals surface area contributed by atoms with E-state index >= 15 is 0 Å². The molecular formula is H19Ca7Cl5. The molecule has 0 amide bonds. The third-order valence-corrected chi connectivity index (χ3v) is 0. The molecule has 12 heteroatoms. The first-order valence-corrected chi connectivity index (χ1v) is 0. The summed E-state index contributed by atoms with van der Waals surface area (Å²) in [7, 11) is 0. The van der Waals surface area contributed by atoms with E-state index in [4.69, 9.17) is 0 Å². The predicted octanol–water partition coefficient (Wildman–Crippen LogP) is -4.30. The van der Waals surface area contributed by atoms with Crippen molar-refractivity contribution in [3.05, 3.63) is 0 Å².